The van der Waals surface area contributed by atoms with E-state index in [1.807, 2.05) is 0 Å². The Kier molecular flexibility index (Phi) is 6.94. The van der Waals surface area contributed by atoms with E-state index in [1.54, 1.807) is 13.8 Å². The lowest BCUT2D eigenvalue weighted by Gasteiger charge is -2.27. The first-order chi connectivity index (χ1) is 17.6. The molecule has 0 saturated heterocycles. The number of rotatable bonds is 8. The van der Waals surface area contributed by atoms with Crippen molar-refractivity contribution in [2.45, 2.75) is 33.7 Å². The molecule has 0 unspecified atom stereocenters. The zero-order valence-electron chi connectivity index (χ0n) is 23.6. The molecule has 10 heteroatoms. The number of fused-ring (bicyclic) bond motifs is 1. The molecule has 34 heavy (non-hydrogen) atoms. The van der Waals surface area contributed by atoms with Crippen LogP contribution in [-0.2, 0) is 14.6 Å². The van der Waals surface area contributed by atoms with E-state index < -0.39 is 39.3 Å². The molecule has 0 aromatic heterocycles. The molecule has 2 aromatic carbocycles. The van der Waals surface area contributed by atoms with Crippen LogP contribution in [0, 0.1) is 0 Å². The molecule has 9 nitrogen and oxygen atoms in total. The van der Waals surface area contributed by atoms with Crippen molar-refractivity contribution in [3.8, 4) is 11.5 Å². The van der Waals surface area contributed by atoms with Crippen molar-refractivity contribution < 1.29 is 37.8 Å². The highest BCUT2D eigenvalue weighted by atomic mass is 32.2. The van der Waals surface area contributed by atoms with E-state index in [1.165, 1.54) is 44.4 Å². The summed E-state index contributed by atoms with van der Waals surface area (Å²) in [6.45, 7) is 5.32. The lowest BCUT2D eigenvalue weighted by Crippen LogP contribution is -2.37. The number of nitrogens with zero attached hydrogens (tertiary/aromatic N) is 1. The number of hydrogen-bond donors (Lipinski definition) is 1. The molecule has 0 aliphatic carbocycles. The lowest BCUT2D eigenvalue weighted by atomic mass is 10.1. The highest BCUT2D eigenvalue weighted by molar-refractivity contribution is 7.90. The van der Waals surface area contributed by atoms with E-state index in [9.17, 15) is 22.8 Å². The molecule has 2 aromatic rings. The highest BCUT2D eigenvalue weighted by Gasteiger charge is 2.43. The first-order valence-electron chi connectivity index (χ1n) is 12.4. The Bertz CT molecular complexity index is 1350. The molecular formula is C24H30N2O7S. The number of benzene rings is 2. The number of amides is 3. The second-order valence-electron chi connectivity index (χ2n) is 6.88. The summed E-state index contributed by atoms with van der Waals surface area (Å²) < 4.78 is 68.2. The van der Waals surface area contributed by atoms with Crippen molar-refractivity contribution in [1.29, 1.82) is 0 Å². The monoisotopic (exact) mass is 494 g/mol. The number of methoxy groups -OCH3 is 1. The van der Waals surface area contributed by atoms with Gasteiger partial charge in [-0.1, -0.05) is 26.0 Å². The number of imide groups is 1. The van der Waals surface area contributed by atoms with Crippen molar-refractivity contribution in [3.05, 3.63) is 53.1 Å². The maximum absolute atomic E-state index is 13.6. The Labute approximate surface area is 205 Å². The quantitative estimate of drug-likeness (QED) is 0.558. The minimum absolute atomic E-state index is 0.0251. The number of hydrogen-bond acceptors (Lipinski definition) is 7. The highest BCUT2D eigenvalue weighted by Crippen LogP contribution is 2.38. The number of carbonyl (C=O) groups is 3. The molecule has 0 fully saturated rings. The topological polar surface area (TPSA) is 119 Å². The SMILES string of the molecule is [2H]C([2H])([C@]([2H])(c1ccc(OC)c(OCC)c1)N1C(=O)c2cccc(NC(C)=O)c2C1=O)S(C)(=O)=O.[2H]CC. The summed E-state index contributed by atoms with van der Waals surface area (Å²) in [5, 5.41) is 2.43. The van der Waals surface area contributed by atoms with Gasteiger partial charge in [0.05, 0.1) is 43.6 Å². The Balaban J connectivity index is 0.00000161. The molecule has 0 radical (unpaired) electrons. The van der Waals surface area contributed by atoms with E-state index in [0.717, 1.165) is 6.07 Å². The summed E-state index contributed by atoms with van der Waals surface area (Å²) in [5.41, 5.74) is -4.30. The third-order valence-electron chi connectivity index (χ3n) is 4.47. The summed E-state index contributed by atoms with van der Waals surface area (Å²) in [4.78, 5) is 38.9. The second kappa shape index (κ2) is 11.1. The number of anilines is 1. The van der Waals surface area contributed by atoms with Crippen molar-refractivity contribution >= 4 is 33.2 Å². The summed E-state index contributed by atoms with van der Waals surface area (Å²) in [5.74, 6) is -2.48. The molecule has 1 aliphatic rings. The molecule has 0 bridgehead atoms. The third-order valence-corrected chi connectivity index (χ3v) is 5.03. The Morgan fingerprint density at radius 2 is 1.91 bits per heavy atom. The van der Waals surface area contributed by atoms with Crippen LogP contribution in [0.5, 0.6) is 11.5 Å². The standard InChI is InChI=1S/C22H24N2O7S.C2H6/c1-5-31-19-11-14(9-10-18(19)30-3)17(12-32(4,28)29)24-21(26)15-7-6-8-16(23-13(2)25)20(15)22(24)27;1-2/h6-11,17H,5,12H2,1-4H3,(H,23,25);1-2H3/t17-;/m1./s1/i12D2,17D;1D. The van der Waals surface area contributed by atoms with Crippen LogP contribution in [0.4, 0.5) is 5.69 Å². The fourth-order valence-corrected chi connectivity index (χ4v) is 3.84. The summed E-state index contributed by atoms with van der Waals surface area (Å²) in [7, 11) is -3.34. The first kappa shape index (κ1) is 21.2. The van der Waals surface area contributed by atoms with Gasteiger partial charge in [-0.25, -0.2) is 8.42 Å². The Morgan fingerprint density at radius 1 is 1.24 bits per heavy atom. The third kappa shape index (κ3) is 5.74. The van der Waals surface area contributed by atoms with Gasteiger partial charge in [0.25, 0.3) is 11.8 Å². The van der Waals surface area contributed by atoms with Crippen LogP contribution in [0.1, 0.15) is 65.5 Å². The second-order valence-corrected chi connectivity index (χ2v) is 8.62. The molecular weight excluding hydrogens is 460 g/mol. The van der Waals surface area contributed by atoms with Crippen LogP contribution in [0.25, 0.3) is 0 Å². The summed E-state index contributed by atoms with van der Waals surface area (Å²) in [6.07, 6.45) is 0.574. The van der Waals surface area contributed by atoms with Crippen molar-refractivity contribution in [2.75, 3.05) is 31.0 Å². The van der Waals surface area contributed by atoms with Gasteiger partial charge in [-0.3, -0.25) is 19.3 Å². The van der Waals surface area contributed by atoms with Crippen LogP contribution < -0.4 is 14.8 Å². The lowest BCUT2D eigenvalue weighted by molar-refractivity contribution is -0.114. The number of ether oxygens (including phenoxy) is 2. The van der Waals surface area contributed by atoms with E-state index in [4.69, 9.17) is 15.0 Å². The molecule has 0 spiro atoms. The first-order valence-corrected chi connectivity index (χ1v) is 12.1. The minimum Gasteiger partial charge on any atom is -0.493 e. The average molecular weight is 495 g/mol. The van der Waals surface area contributed by atoms with Gasteiger partial charge in [0.2, 0.25) is 5.91 Å². The minimum atomic E-state index is -4.69. The fraction of sp³-hybridized carbons (Fsp3) is 0.375. The number of nitrogens with one attached hydrogen (secondary N) is 1. The predicted octanol–water partition coefficient (Wildman–Crippen LogP) is 3.46. The van der Waals surface area contributed by atoms with E-state index in [-0.39, 0.29) is 45.4 Å². The Hall–Kier alpha value is -3.40. The van der Waals surface area contributed by atoms with Crippen molar-refractivity contribution in [2.24, 2.45) is 0 Å². The zero-order chi connectivity index (χ0) is 29.1. The van der Waals surface area contributed by atoms with E-state index >= 15 is 0 Å². The van der Waals surface area contributed by atoms with E-state index in [0.29, 0.717) is 13.2 Å². The van der Waals surface area contributed by atoms with E-state index in [2.05, 4.69) is 5.32 Å². The summed E-state index contributed by atoms with van der Waals surface area (Å²) >= 11 is 0. The van der Waals surface area contributed by atoms with Gasteiger partial charge in [0.15, 0.2) is 11.5 Å². The van der Waals surface area contributed by atoms with Gasteiger partial charge in [-0.05, 0) is 36.8 Å². The molecule has 1 aliphatic heterocycles. The van der Waals surface area contributed by atoms with Crippen LogP contribution in [0.3, 0.4) is 0 Å². The van der Waals surface area contributed by atoms with Gasteiger partial charge >= 0.3 is 0 Å². The molecule has 0 saturated carbocycles. The Morgan fingerprint density at radius 3 is 2.47 bits per heavy atom. The van der Waals surface area contributed by atoms with Crippen molar-refractivity contribution in [3.63, 3.8) is 0 Å². The number of carbonyl (C=O) groups excluding carboxylic acids is 3. The maximum Gasteiger partial charge on any atom is 0.264 e. The molecule has 184 valence electrons. The van der Waals surface area contributed by atoms with Gasteiger partial charge < -0.3 is 14.8 Å². The van der Waals surface area contributed by atoms with Gasteiger partial charge in [-0.2, -0.15) is 0 Å². The molecule has 3 rings (SSSR count). The number of sulfone groups is 1. The molecule has 1 atom stereocenters. The molecule has 1 heterocycles. The predicted molar refractivity (Wildman–Crippen MR) is 129 cm³/mol. The van der Waals surface area contributed by atoms with Crippen LogP contribution in [-0.4, -0.2) is 56.7 Å². The zero-order valence-corrected chi connectivity index (χ0v) is 20.4. The van der Waals surface area contributed by atoms with Crippen molar-refractivity contribution in [1.82, 2.24) is 4.90 Å². The fourth-order valence-electron chi connectivity index (χ4n) is 3.28. The van der Waals surface area contributed by atoms with Gasteiger partial charge in [0.1, 0.15) is 9.84 Å². The summed E-state index contributed by atoms with van der Waals surface area (Å²) in [6, 6.07) is 4.63. The van der Waals surface area contributed by atoms with Crippen LogP contribution >= 0.6 is 0 Å². The molecule has 1 N–H and O–H groups in total. The maximum atomic E-state index is 13.6. The van der Waals surface area contributed by atoms with Gasteiger partial charge in [-0.15, -0.1) is 0 Å². The van der Waals surface area contributed by atoms with Crippen LogP contribution in [0.2, 0.25) is 0 Å². The van der Waals surface area contributed by atoms with Gasteiger partial charge in [0, 0.05) is 17.3 Å². The average Bonchev–Trinajstić information content (AvgIpc) is 3.09. The normalized spacial score (nSPS) is 16.6. The smallest absolute Gasteiger partial charge is 0.264 e. The molecule has 3 amide bonds. The largest absolute Gasteiger partial charge is 0.493 e. The van der Waals surface area contributed by atoms with Crippen LogP contribution in [0.15, 0.2) is 36.4 Å².